The van der Waals surface area contributed by atoms with Gasteiger partial charge in [0.15, 0.2) is 6.23 Å². The second-order valence-corrected chi connectivity index (χ2v) is 11.2. The summed E-state index contributed by atoms with van der Waals surface area (Å²) in [6.45, 7) is 0.755. The average molecular weight is 504 g/mol. The maximum absolute atomic E-state index is 11.8. The standard InChI is InChI=1S/C12H19N4O12P3/c1-12(17)4-7(5-25-30(21,22)28-31(23,24)27-29(18,19)20)26-11(12)16-3-2-8-9(13)14-6-15-10(8)16/h2-3,6-7,11,17H,4-5H2,1H3,(H,21,22)(H,23,24)(H2,13,14,15)(H2,18,19,20)/t7-,11+,12+/m0/s1. The summed E-state index contributed by atoms with van der Waals surface area (Å²) in [4.78, 5) is 43.7. The van der Waals surface area contributed by atoms with Crippen molar-refractivity contribution in [1.29, 1.82) is 0 Å². The van der Waals surface area contributed by atoms with Gasteiger partial charge in [-0.15, -0.1) is 0 Å². The van der Waals surface area contributed by atoms with Crippen LogP contribution in [0.5, 0.6) is 0 Å². The molecule has 7 N–H and O–H groups in total. The van der Waals surface area contributed by atoms with Crippen molar-refractivity contribution in [3.63, 3.8) is 0 Å². The molecule has 31 heavy (non-hydrogen) atoms. The Balaban J connectivity index is 1.69. The highest BCUT2D eigenvalue weighted by Gasteiger charge is 2.47. The SMILES string of the molecule is C[C@@]1(O)C[C@@H](COP(=O)(O)OP(=O)(O)OP(=O)(O)O)O[C@H]1n1ccc2c(N)ncnc21. The summed E-state index contributed by atoms with van der Waals surface area (Å²) in [5.41, 5.74) is 4.66. The van der Waals surface area contributed by atoms with Gasteiger partial charge in [0, 0.05) is 12.6 Å². The van der Waals surface area contributed by atoms with Crippen LogP contribution < -0.4 is 5.73 Å². The van der Waals surface area contributed by atoms with Crippen LogP contribution in [0.15, 0.2) is 18.6 Å². The van der Waals surface area contributed by atoms with Gasteiger partial charge in [0.2, 0.25) is 0 Å². The fraction of sp³-hybridized carbons (Fsp3) is 0.500. The van der Waals surface area contributed by atoms with Crippen LogP contribution in [-0.2, 0) is 31.6 Å². The molecule has 0 saturated carbocycles. The number of hydrogen-bond acceptors (Lipinski definition) is 11. The maximum Gasteiger partial charge on any atom is 0.490 e. The first-order valence-corrected chi connectivity index (χ1v) is 12.8. The molecule has 16 nitrogen and oxygen atoms in total. The van der Waals surface area contributed by atoms with E-state index in [1.807, 2.05) is 0 Å². The first-order valence-electron chi connectivity index (χ1n) is 8.32. The molecule has 0 amide bonds. The summed E-state index contributed by atoms with van der Waals surface area (Å²) in [5, 5.41) is 11.3. The molecule has 3 rings (SSSR count). The number of nitrogens with two attached hydrogens (primary N) is 1. The number of phosphoric ester groups is 1. The van der Waals surface area contributed by atoms with Crippen molar-refractivity contribution in [3.05, 3.63) is 18.6 Å². The lowest BCUT2D eigenvalue weighted by Crippen LogP contribution is -2.31. The van der Waals surface area contributed by atoms with Crippen LogP contribution in [0.2, 0.25) is 0 Å². The fourth-order valence-corrected chi connectivity index (χ4v) is 6.11. The second kappa shape index (κ2) is 8.27. The molecule has 2 aromatic rings. The van der Waals surface area contributed by atoms with Crippen LogP contribution in [0.25, 0.3) is 11.0 Å². The summed E-state index contributed by atoms with van der Waals surface area (Å²) >= 11 is 0. The highest BCUT2D eigenvalue weighted by molar-refractivity contribution is 7.66. The minimum absolute atomic E-state index is 0.0896. The van der Waals surface area contributed by atoms with Gasteiger partial charge < -0.3 is 39.7 Å². The normalized spacial score (nSPS) is 28.5. The third-order valence-electron chi connectivity index (χ3n) is 4.13. The Morgan fingerprint density at radius 3 is 2.55 bits per heavy atom. The molecule has 1 aliphatic heterocycles. The van der Waals surface area contributed by atoms with E-state index in [9.17, 15) is 23.7 Å². The van der Waals surface area contributed by atoms with Crippen LogP contribution in [0.4, 0.5) is 5.82 Å². The number of nitrogens with zero attached hydrogens (tertiary/aromatic N) is 3. The zero-order valence-corrected chi connectivity index (χ0v) is 18.3. The van der Waals surface area contributed by atoms with Gasteiger partial charge in [-0.3, -0.25) is 4.52 Å². The number of fused-ring (bicyclic) bond motifs is 1. The Hall–Kier alpha value is -1.25. The molecule has 1 saturated heterocycles. The number of nitrogen functional groups attached to an aromatic ring is 1. The van der Waals surface area contributed by atoms with E-state index in [-0.39, 0.29) is 12.2 Å². The van der Waals surface area contributed by atoms with Crippen LogP contribution in [0.3, 0.4) is 0 Å². The fourth-order valence-electron chi connectivity index (χ4n) is 3.06. The highest BCUT2D eigenvalue weighted by Crippen LogP contribution is 2.66. The lowest BCUT2D eigenvalue weighted by Gasteiger charge is -2.25. The maximum atomic E-state index is 11.8. The van der Waals surface area contributed by atoms with Gasteiger partial charge in [-0.1, -0.05) is 0 Å². The van der Waals surface area contributed by atoms with Gasteiger partial charge >= 0.3 is 23.5 Å². The van der Waals surface area contributed by atoms with Crippen molar-refractivity contribution in [1.82, 2.24) is 14.5 Å². The summed E-state index contributed by atoms with van der Waals surface area (Å²) in [5.74, 6) is 0.214. The highest BCUT2D eigenvalue weighted by atomic mass is 31.3. The van der Waals surface area contributed by atoms with E-state index >= 15 is 0 Å². The van der Waals surface area contributed by atoms with Gasteiger partial charge in [0.05, 0.1) is 18.1 Å². The van der Waals surface area contributed by atoms with Crippen LogP contribution >= 0.6 is 23.5 Å². The van der Waals surface area contributed by atoms with Crippen molar-refractivity contribution in [2.45, 2.75) is 31.3 Å². The lowest BCUT2D eigenvalue weighted by atomic mass is 10.0. The number of phosphoric acid groups is 3. The Kier molecular flexibility index (Phi) is 6.51. The lowest BCUT2D eigenvalue weighted by molar-refractivity contribution is -0.0847. The van der Waals surface area contributed by atoms with Crippen molar-refractivity contribution in [3.8, 4) is 0 Å². The molecule has 19 heteroatoms. The second-order valence-electron chi connectivity index (χ2n) is 6.78. The van der Waals surface area contributed by atoms with Gasteiger partial charge in [-0.05, 0) is 13.0 Å². The predicted molar refractivity (Wildman–Crippen MR) is 101 cm³/mol. The number of hydrogen-bond donors (Lipinski definition) is 6. The van der Waals surface area contributed by atoms with Crippen molar-refractivity contribution >= 4 is 40.3 Å². The zero-order chi connectivity index (χ0) is 23.2. The number of aliphatic hydroxyl groups is 1. The van der Waals surface area contributed by atoms with Gasteiger partial charge in [0.25, 0.3) is 0 Å². The predicted octanol–water partition coefficient (Wildman–Crippen LogP) is 0.395. The van der Waals surface area contributed by atoms with E-state index in [4.69, 9.17) is 25.2 Å². The molecular formula is C12H19N4O12P3. The third kappa shape index (κ3) is 5.96. The van der Waals surface area contributed by atoms with Gasteiger partial charge in [-0.25, -0.2) is 23.7 Å². The van der Waals surface area contributed by atoms with Crippen LogP contribution in [0, 0.1) is 0 Å². The first-order chi connectivity index (χ1) is 14.1. The topological polar surface area (TPSA) is 246 Å². The number of aromatic nitrogens is 3. The molecule has 0 bridgehead atoms. The molecule has 1 fully saturated rings. The summed E-state index contributed by atoms with van der Waals surface area (Å²) in [7, 11) is -16.4. The Labute approximate surface area is 174 Å². The van der Waals surface area contributed by atoms with Crippen molar-refractivity contribution < 1.29 is 56.3 Å². The van der Waals surface area contributed by atoms with E-state index in [2.05, 4.69) is 23.1 Å². The molecule has 2 aromatic heterocycles. The molecule has 5 atom stereocenters. The Morgan fingerprint density at radius 1 is 1.23 bits per heavy atom. The van der Waals surface area contributed by atoms with E-state index in [0.29, 0.717) is 11.0 Å². The molecule has 0 aliphatic carbocycles. The van der Waals surface area contributed by atoms with Crippen molar-refractivity contribution in [2.75, 3.05) is 12.3 Å². The summed E-state index contributed by atoms with van der Waals surface area (Å²) in [6, 6.07) is 1.61. The molecule has 0 radical (unpaired) electrons. The molecule has 3 heterocycles. The molecule has 1 aliphatic rings. The molecule has 0 aromatic carbocycles. The van der Waals surface area contributed by atoms with Crippen molar-refractivity contribution in [2.24, 2.45) is 0 Å². The molecular weight excluding hydrogens is 485 g/mol. The van der Waals surface area contributed by atoms with E-state index in [0.717, 1.165) is 0 Å². The summed E-state index contributed by atoms with van der Waals surface area (Å²) < 4.78 is 52.9. The van der Waals surface area contributed by atoms with E-state index in [1.165, 1.54) is 17.8 Å². The monoisotopic (exact) mass is 504 g/mol. The molecule has 174 valence electrons. The smallest absolute Gasteiger partial charge is 0.385 e. The largest absolute Gasteiger partial charge is 0.490 e. The van der Waals surface area contributed by atoms with Gasteiger partial charge in [0.1, 0.15) is 23.4 Å². The van der Waals surface area contributed by atoms with Gasteiger partial charge in [-0.2, -0.15) is 8.62 Å². The molecule has 0 spiro atoms. The number of rotatable bonds is 8. The average Bonchev–Trinajstić information content (AvgIpc) is 3.10. The third-order valence-corrected chi connectivity index (χ3v) is 7.93. The zero-order valence-electron chi connectivity index (χ0n) is 15.7. The number of anilines is 1. The number of ether oxygens (including phenoxy) is 1. The Bertz CT molecular complexity index is 1120. The molecule has 2 unspecified atom stereocenters. The van der Waals surface area contributed by atoms with E-state index < -0.39 is 48.0 Å². The minimum atomic E-state index is -5.63. The quantitative estimate of drug-likeness (QED) is 0.266. The van der Waals surface area contributed by atoms with Crippen LogP contribution in [-0.4, -0.2) is 57.5 Å². The minimum Gasteiger partial charge on any atom is -0.385 e. The van der Waals surface area contributed by atoms with E-state index in [1.54, 1.807) is 12.3 Å². The Morgan fingerprint density at radius 2 is 1.90 bits per heavy atom. The summed E-state index contributed by atoms with van der Waals surface area (Å²) in [6.07, 6.45) is 0.702. The first kappa shape index (κ1) is 24.4. The van der Waals surface area contributed by atoms with Crippen LogP contribution in [0.1, 0.15) is 19.6 Å².